The van der Waals surface area contributed by atoms with Gasteiger partial charge in [-0.15, -0.1) is 10.2 Å². The number of carbonyl (C=O) groups is 3. The summed E-state index contributed by atoms with van der Waals surface area (Å²) in [7, 11) is 0. The summed E-state index contributed by atoms with van der Waals surface area (Å²) in [6.07, 6.45) is 3.55. The van der Waals surface area contributed by atoms with E-state index in [1.54, 1.807) is 12.1 Å². The second-order valence-electron chi connectivity index (χ2n) is 7.59. The molecule has 1 aromatic carbocycles. The zero-order chi connectivity index (χ0) is 21.8. The van der Waals surface area contributed by atoms with Crippen LogP contribution in [0.5, 0.6) is 0 Å². The van der Waals surface area contributed by atoms with Crippen LogP contribution in [0.4, 0.5) is 5.13 Å². The molecule has 1 saturated carbocycles. The first-order valence-electron chi connectivity index (χ1n) is 10.2. The third kappa shape index (κ3) is 4.94. The predicted molar refractivity (Wildman–Crippen MR) is 116 cm³/mol. The zero-order valence-corrected chi connectivity index (χ0v) is 18.4. The summed E-state index contributed by atoms with van der Waals surface area (Å²) in [6, 6.07) is 9.42. The molecule has 2 unspecified atom stereocenters. The fourth-order valence-corrected chi connectivity index (χ4v) is 5.71. The molecule has 0 bridgehead atoms. The number of benzene rings is 1. The first kappa shape index (κ1) is 21.5. The molecule has 1 aliphatic heterocycles. The van der Waals surface area contributed by atoms with E-state index in [9.17, 15) is 14.4 Å². The number of likely N-dealkylation sites (tertiary alicyclic amines) is 1. The van der Waals surface area contributed by atoms with Gasteiger partial charge in [0.25, 0.3) is 0 Å². The first-order valence-corrected chi connectivity index (χ1v) is 12.0. The van der Waals surface area contributed by atoms with Crippen molar-refractivity contribution in [1.29, 1.82) is 5.26 Å². The van der Waals surface area contributed by atoms with Gasteiger partial charge in [0.05, 0.1) is 23.5 Å². The van der Waals surface area contributed by atoms with Crippen molar-refractivity contribution in [2.24, 2.45) is 11.8 Å². The van der Waals surface area contributed by atoms with Crippen molar-refractivity contribution in [3.63, 3.8) is 0 Å². The van der Waals surface area contributed by atoms with Gasteiger partial charge in [-0.2, -0.15) is 5.26 Å². The van der Waals surface area contributed by atoms with Gasteiger partial charge in [0.2, 0.25) is 22.9 Å². The van der Waals surface area contributed by atoms with Crippen molar-refractivity contribution in [2.45, 2.75) is 42.2 Å². The van der Waals surface area contributed by atoms with E-state index in [-0.39, 0.29) is 42.5 Å². The number of thioether (sulfide) groups is 1. The Bertz CT molecular complexity index is 1010. The van der Waals surface area contributed by atoms with Gasteiger partial charge in [0.15, 0.2) is 4.34 Å². The molecule has 1 aromatic heterocycles. The van der Waals surface area contributed by atoms with Crippen molar-refractivity contribution in [3.8, 4) is 6.07 Å². The molecule has 2 atom stereocenters. The summed E-state index contributed by atoms with van der Waals surface area (Å²) in [5.74, 6) is -0.253. The zero-order valence-electron chi connectivity index (χ0n) is 16.7. The highest BCUT2D eigenvalue weighted by molar-refractivity contribution is 8.00. The molecule has 8 nitrogen and oxygen atoms in total. The van der Waals surface area contributed by atoms with E-state index in [2.05, 4.69) is 21.6 Å². The smallest absolute Gasteiger partial charge is 0.233 e. The minimum atomic E-state index is -0.296. The lowest BCUT2D eigenvalue weighted by molar-refractivity contribution is -0.140. The van der Waals surface area contributed by atoms with E-state index < -0.39 is 0 Å². The van der Waals surface area contributed by atoms with Gasteiger partial charge in [-0.3, -0.25) is 19.3 Å². The molecule has 1 saturated heterocycles. The summed E-state index contributed by atoms with van der Waals surface area (Å²) in [4.78, 5) is 38.5. The molecule has 1 aliphatic carbocycles. The van der Waals surface area contributed by atoms with Crippen LogP contribution in [-0.2, 0) is 20.1 Å². The van der Waals surface area contributed by atoms with Gasteiger partial charge in [-0.25, -0.2) is 0 Å². The van der Waals surface area contributed by atoms with Crippen LogP contribution in [0.2, 0.25) is 0 Å². The summed E-state index contributed by atoms with van der Waals surface area (Å²) in [5, 5.41) is 20.0. The number of hydrogen-bond acceptors (Lipinski definition) is 8. The van der Waals surface area contributed by atoms with Crippen LogP contribution >= 0.6 is 23.1 Å². The fraction of sp³-hybridized carbons (Fsp3) is 0.429. The molecular weight excluding hydrogens is 434 g/mol. The summed E-state index contributed by atoms with van der Waals surface area (Å²) in [5.41, 5.74) is 1.68. The number of nitrogens with one attached hydrogen (secondary N) is 1. The number of fused-ring (bicyclic) bond motifs is 1. The van der Waals surface area contributed by atoms with Crippen molar-refractivity contribution in [3.05, 3.63) is 35.4 Å². The van der Waals surface area contributed by atoms with Crippen LogP contribution in [0.25, 0.3) is 0 Å². The highest BCUT2D eigenvalue weighted by Crippen LogP contribution is 2.38. The normalized spacial score (nSPS) is 20.4. The van der Waals surface area contributed by atoms with Crippen LogP contribution in [0, 0.1) is 23.2 Å². The molecule has 1 N–H and O–H groups in total. The van der Waals surface area contributed by atoms with Gasteiger partial charge in [0.1, 0.15) is 0 Å². The molecule has 4 rings (SSSR count). The third-order valence-electron chi connectivity index (χ3n) is 5.59. The summed E-state index contributed by atoms with van der Waals surface area (Å²) < 4.78 is 0.716. The van der Waals surface area contributed by atoms with Crippen LogP contribution in [0.1, 0.15) is 43.2 Å². The average Bonchev–Trinajstić information content (AvgIpc) is 3.34. The first-order chi connectivity index (χ1) is 15.0. The van der Waals surface area contributed by atoms with E-state index in [1.165, 1.54) is 28.0 Å². The minimum Gasteiger partial charge on any atom is -0.300 e. The van der Waals surface area contributed by atoms with E-state index in [4.69, 9.17) is 5.26 Å². The van der Waals surface area contributed by atoms with Crippen LogP contribution in [0.3, 0.4) is 0 Å². The molecular formula is C21H21N5O3S2. The van der Waals surface area contributed by atoms with E-state index in [1.807, 2.05) is 12.1 Å². The number of imide groups is 1. The Morgan fingerprint density at radius 3 is 2.48 bits per heavy atom. The second-order valence-corrected chi connectivity index (χ2v) is 9.79. The molecule has 2 aliphatic rings. The van der Waals surface area contributed by atoms with E-state index >= 15 is 0 Å². The largest absolute Gasteiger partial charge is 0.300 e. The molecule has 2 aromatic rings. The molecule has 31 heavy (non-hydrogen) atoms. The number of anilines is 1. The Hall–Kier alpha value is -2.77. The number of carbonyl (C=O) groups excluding carboxylic acids is 3. The molecule has 3 amide bonds. The Balaban J connectivity index is 1.25. The lowest BCUT2D eigenvalue weighted by Crippen LogP contribution is -2.34. The summed E-state index contributed by atoms with van der Waals surface area (Å²) in [6.45, 7) is 0.107. The monoisotopic (exact) mass is 455 g/mol. The van der Waals surface area contributed by atoms with Gasteiger partial charge >= 0.3 is 0 Å². The van der Waals surface area contributed by atoms with Gasteiger partial charge in [-0.05, 0) is 30.5 Å². The summed E-state index contributed by atoms with van der Waals surface area (Å²) >= 11 is 2.77. The number of nitrogens with zero attached hydrogens (tertiary/aromatic N) is 4. The Labute approximate surface area is 188 Å². The van der Waals surface area contributed by atoms with Gasteiger partial charge < -0.3 is 5.32 Å². The van der Waals surface area contributed by atoms with Crippen LogP contribution in [0.15, 0.2) is 28.6 Å². The van der Waals surface area contributed by atoms with Gasteiger partial charge in [0, 0.05) is 18.7 Å². The quantitative estimate of drug-likeness (QED) is 0.387. The highest BCUT2D eigenvalue weighted by atomic mass is 32.2. The minimum absolute atomic E-state index is 0.0459. The van der Waals surface area contributed by atoms with Gasteiger partial charge in [-0.1, -0.05) is 48.1 Å². The highest BCUT2D eigenvalue weighted by Gasteiger charge is 2.47. The lowest BCUT2D eigenvalue weighted by Gasteiger charge is -2.19. The van der Waals surface area contributed by atoms with E-state index in [0.29, 0.717) is 20.8 Å². The Morgan fingerprint density at radius 1 is 1.16 bits per heavy atom. The van der Waals surface area contributed by atoms with Crippen LogP contribution in [-0.4, -0.2) is 39.4 Å². The SMILES string of the molecule is N#Cc1ccc(CSc2nnc(NC(=O)CCN3C(=O)C4CCCCC4C3=O)s2)cc1. The number of aromatic nitrogens is 2. The molecule has 10 heteroatoms. The number of rotatable bonds is 7. The average molecular weight is 456 g/mol. The lowest BCUT2D eigenvalue weighted by atomic mass is 9.81. The van der Waals surface area contributed by atoms with Crippen LogP contribution < -0.4 is 5.32 Å². The Morgan fingerprint density at radius 2 is 1.84 bits per heavy atom. The standard InChI is InChI=1S/C21H21N5O3S2/c22-11-13-5-7-14(8-6-13)12-30-21-25-24-20(31-21)23-17(27)9-10-26-18(28)15-3-1-2-4-16(15)19(26)29/h5-8,15-16H,1-4,9-10,12H2,(H,23,24,27). The maximum absolute atomic E-state index is 12.5. The predicted octanol–water partition coefficient (Wildman–Crippen LogP) is 3.21. The number of hydrogen-bond donors (Lipinski definition) is 1. The van der Waals surface area contributed by atoms with Crippen molar-refractivity contribution >= 4 is 46.0 Å². The molecule has 2 heterocycles. The molecule has 2 fully saturated rings. The van der Waals surface area contributed by atoms with Crippen molar-refractivity contribution in [1.82, 2.24) is 15.1 Å². The van der Waals surface area contributed by atoms with Crippen molar-refractivity contribution < 1.29 is 14.4 Å². The molecule has 160 valence electrons. The number of nitriles is 1. The maximum Gasteiger partial charge on any atom is 0.233 e. The number of amides is 3. The Kier molecular flexibility index (Phi) is 6.63. The fourth-order valence-electron chi connectivity index (χ4n) is 3.99. The van der Waals surface area contributed by atoms with E-state index in [0.717, 1.165) is 31.2 Å². The molecule has 0 spiro atoms. The second kappa shape index (κ2) is 9.58. The third-order valence-corrected chi connectivity index (χ3v) is 7.64. The molecule has 0 radical (unpaired) electrons. The topological polar surface area (TPSA) is 116 Å². The van der Waals surface area contributed by atoms with Crippen molar-refractivity contribution in [2.75, 3.05) is 11.9 Å². The maximum atomic E-state index is 12.5.